The van der Waals surface area contributed by atoms with Crippen LogP contribution in [0.2, 0.25) is 0 Å². The van der Waals surface area contributed by atoms with Crippen molar-refractivity contribution >= 4 is 5.97 Å². The van der Waals surface area contributed by atoms with E-state index in [2.05, 4.69) is 0 Å². The lowest BCUT2D eigenvalue weighted by Crippen LogP contribution is -2.45. The first-order valence-corrected chi connectivity index (χ1v) is 5.22. The third-order valence-corrected chi connectivity index (χ3v) is 3.51. The van der Waals surface area contributed by atoms with Crippen molar-refractivity contribution in [3.63, 3.8) is 0 Å². The summed E-state index contributed by atoms with van der Waals surface area (Å²) in [5.41, 5.74) is -2.04. The Morgan fingerprint density at radius 1 is 1.47 bits per heavy atom. The van der Waals surface area contributed by atoms with Gasteiger partial charge in [0, 0.05) is 13.5 Å². The number of hydrogen-bond acceptors (Lipinski definition) is 4. The van der Waals surface area contributed by atoms with E-state index in [9.17, 15) is 14.4 Å². The highest BCUT2D eigenvalue weighted by Crippen LogP contribution is 2.42. The van der Waals surface area contributed by atoms with Crippen LogP contribution in [0.5, 0.6) is 0 Å². The number of hydrogen-bond donors (Lipinski definition) is 0. The van der Waals surface area contributed by atoms with Gasteiger partial charge in [0.25, 0.3) is 0 Å². The fourth-order valence-electron chi connectivity index (χ4n) is 2.67. The molecule has 0 N–H and O–H groups in total. The highest BCUT2D eigenvalue weighted by atomic mass is 16.5. The molecule has 7 heteroatoms. The van der Waals surface area contributed by atoms with Crippen LogP contribution < -0.4 is 11.4 Å². The van der Waals surface area contributed by atoms with Crippen molar-refractivity contribution in [3.05, 3.63) is 33.1 Å². The van der Waals surface area contributed by atoms with E-state index >= 15 is 0 Å². The van der Waals surface area contributed by atoms with Crippen LogP contribution in [0.1, 0.15) is 12.5 Å². The summed E-state index contributed by atoms with van der Waals surface area (Å²) < 4.78 is 8.26. The van der Waals surface area contributed by atoms with Gasteiger partial charge in [-0.25, -0.2) is 28.3 Å². The van der Waals surface area contributed by atoms with Crippen LogP contribution in [0, 0.1) is 0 Å². The van der Waals surface area contributed by atoms with E-state index in [1.807, 2.05) is 0 Å². The van der Waals surface area contributed by atoms with Gasteiger partial charge in [0.2, 0.25) is 0 Å². The standard InChI is InChI=1S/C10H11N3O4/c1-11-8(15)12-6-3-4-10(5-6,7(14)17-2)13(12)9(11)16/h3-4,6H,5H2,1-2H3. The molecule has 2 bridgehead atoms. The molecule has 90 valence electrons. The molecule has 0 amide bonds. The van der Waals surface area contributed by atoms with Gasteiger partial charge in [0.15, 0.2) is 5.54 Å². The zero-order valence-corrected chi connectivity index (χ0v) is 9.41. The summed E-state index contributed by atoms with van der Waals surface area (Å²) in [4.78, 5) is 35.7. The van der Waals surface area contributed by atoms with Crippen molar-refractivity contribution in [3.8, 4) is 0 Å². The van der Waals surface area contributed by atoms with Gasteiger partial charge < -0.3 is 4.74 Å². The number of fused-ring (bicyclic) bond motifs is 5. The van der Waals surface area contributed by atoms with E-state index in [-0.39, 0.29) is 6.04 Å². The molecule has 0 saturated heterocycles. The van der Waals surface area contributed by atoms with E-state index in [0.717, 1.165) is 4.57 Å². The first kappa shape index (κ1) is 10.1. The maximum Gasteiger partial charge on any atom is 0.348 e. The maximum atomic E-state index is 12.0. The fraction of sp³-hybridized carbons (Fsp3) is 0.500. The summed E-state index contributed by atoms with van der Waals surface area (Å²) in [6.45, 7) is 0. The van der Waals surface area contributed by atoms with Gasteiger partial charge in [-0.2, -0.15) is 0 Å². The summed E-state index contributed by atoms with van der Waals surface area (Å²) in [6, 6.07) is -0.240. The Morgan fingerprint density at radius 2 is 2.18 bits per heavy atom. The Hall–Kier alpha value is -2.05. The molecule has 0 fully saturated rings. The number of carbonyl (C=O) groups excluding carboxylic acids is 1. The molecular formula is C10H11N3O4. The molecule has 1 aromatic rings. The lowest BCUT2D eigenvalue weighted by Gasteiger charge is -2.21. The molecule has 2 unspecified atom stereocenters. The van der Waals surface area contributed by atoms with Gasteiger partial charge >= 0.3 is 17.3 Å². The molecule has 0 saturated carbocycles. The van der Waals surface area contributed by atoms with E-state index in [0.29, 0.717) is 6.42 Å². The molecule has 1 aliphatic carbocycles. The summed E-state index contributed by atoms with van der Waals surface area (Å²) in [7, 11) is 2.67. The minimum atomic E-state index is -1.14. The predicted molar refractivity (Wildman–Crippen MR) is 56.7 cm³/mol. The monoisotopic (exact) mass is 237 g/mol. The van der Waals surface area contributed by atoms with Crippen LogP contribution in [0.3, 0.4) is 0 Å². The number of ether oxygens (including phenoxy) is 1. The van der Waals surface area contributed by atoms with Crippen molar-refractivity contribution in [1.82, 2.24) is 13.9 Å². The minimum absolute atomic E-state index is 0.240. The van der Waals surface area contributed by atoms with E-state index in [1.54, 1.807) is 12.2 Å². The van der Waals surface area contributed by atoms with Gasteiger partial charge in [-0.15, -0.1) is 0 Å². The molecular weight excluding hydrogens is 226 g/mol. The summed E-state index contributed by atoms with van der Waals surface area (Å²) >= 11 is 0. The largest absolute Gasteiger partial charge is 0.467 e. The number of allylic oxidation sites excluding steroid dienone is 1. The average Bonchev–Trinajstić information content (AvgIpc) is 2.96. The van der Waals surface area contributed by atoms with Gasteiger partial charge in [-0.3, -0.25) is 0 Å². The van der Waals surface area contributed by atoms with Gasteiger partial charge in [0.05, 0.1) is 13.2 Å². The zero-order chi connectivity index (χ0) is 12.4. The first-order chi connectivity index (χ1) is 8.03. The van der Waals surface area contributed by atoms with E-state index in [1.165, 1.54) is 23.5 Å². The lowest BCUT2D eigenvalue weighted by atomic mass is 10.0. The summed E-state index contributed by atoms with van der Waals surface area (Å²) in [5, 5.41) is 0. The molecule has 1 aliphatic heterocycles. The van der Waals surface area contributed by atoms with Crippen molar-refractivity contribution in [2.24, 2.45) is 7.05 Å². The highest BCUT2D eigenvalue weighted by Gasteiger charge is 2.54. The smallest absolute Gasteiger partial charge is 0.348 e. The number of aromatic nitrogens is 3. The number of carbonyl (C=O) groups is 1. The van der Waals surface area contributed by atoms with Crippen LogP contribution in [0.25, 0.3) is 0 Å². The highest BCUT2D eigenvalue weighted by molar-refractivity contribution is 5.82. The summed E-state index contributed by atoms with van der Waals surface area (Å²) in [6.07, 6.45) is 3.78. The van der Waals surface area contributed by atoms with Crippen LogP contribution >= 0.6 is 0 Å². The predicted octanol–water partition coefficient (Wildman–Crippen LogP) is -1.27. The Kier molecular flexibility index (Phi) is 1.66. The molecule has 0 aromatic carbocycles. The summed E-state index contributed by atoms with van der Waals surface area (Å²) in [5.74, 6) is -0.518. The zero-order valence-electron chi connectivity index (χ0n) is 9.41. The second-order valence-corrected chi connectivity index (χ2v) is 4.33. The third-order valence-electron chi connectivity index (χ3n) is 3.51. The number of rotatable bonds is 1. The van der Waals surface area contributed by atoms with Crippen molar-refractivity contribution in [2.45, 2.75) is 18.0 Å². The first-order valence-electron chi connectivity index (χ1n) is 5.22. The molecule has 1 aromatic heterocycles. The molecule has 3 rings (SSSR count). The molecule has 7 nitrogen and oxygen atoms in total. The lowest BCUT2D eigenvalue weighted by molar-refractivity contribution is -0.148. The van der Waals surface area contributed by atoms with Gasteiger partial charge in [-0.1, -0.05) is 6.08 Å². The van der Waals surface area contributed by atoms with Crippen LogP contribution in [-0.2, 0) is 22.1 Å². The fourth-order valence-corrected chi connectivity index (χ4v) is 2.67. The van der Waals surface area contributed by atoms with E-state index in [4.69, 9.17) is 4.74 Å². The molecule has 2 heterocycles. The molecule has 0 radical (unpaired) electrons. The Bertz CT molecular complexity index is 662. The Morgan fingerprint density at radius 3 is 2.82 bits per heavy atom. The second-order valence-electron chi connectivity index (χ2n) is 4.33. The maximum absolute atomic E-state index is 12.0. The number of nitrogens with zero attached hydrogens (tertiary/aromatic N) is 3. The van der Waals surface area contributed by atoms with Gasteiger partial charge in [0.1, 0.15) is 0 Å². The topological polar surface area (TPSA) is 75.2 Å². The molecule has 0 spiro atoms. The van der Waals surface area contributed by atoms with E-state index < -0.39 is 22.9 Å². The minimum Gasteiger partial charge on any atom is -0.467 e. The Labute approximate surface area is 95.5 Å². The average molecular weight is 237 g/mol. The number of esters is 1. The van der Waals surface area contributed by atoms with Crippen LogP contribution in [-0.4, -0.2) is 27.0 Å². The quantitative estimate of drug-likeness (QED) is 0.451. The number of methoxy groups -OCH3 is 1. The second kappa shape index (κ2) is 2.79. The van der Waals surface area contributed by atoms with Crippen LogP contribution in [0.15, 0.2) is 21.7 Å². The van der Waals surface area contributed by atoms with Crippen molar-refractivity contribution in [1.29, 1.82) is 0 Å². The van der Waals surface area contributed by atoms with Crippen molar-refractivity contribution < 1.29 is 9.53 Å². The Balaban J connectivity index is 2.38. The molecule has 2 atom stereocenters. The molecule has 2 aliphatic rings. The normalized spacial score (nSPS) is 28.5. The van der Waals surface area contributed by atoms with Gasteiger partial charge in [-0.05, 0) is 6.08 Å². The molecule has 17 heavy (non-hydrogen) atoms. The van der Waals surface area contributed by atoms with Crippen molar-refractivity contribution in [2.75, 3.05) is 7.11 Å². The SMILES string of the molecule is COC(=O)C12C=CC(C1)n1c(=O)n(C)c(=O)n12. The van der Waals surface area contributed by atoms with Crippen LogP contribution in [0.4, 0.5) is 0 Å². The third kappa shape index (κ3) is 0.904.